The van der Waals surface area contributed by atoms with Gasteiger partial charge in [-0.15, -0.1) is 0 Å². The van der Waals surface area contributed by atoms with Crippen LogP contribution in [-0.4, -0.2) is 39.7 Å². The fraction of sp³-hybridized carbons (Fsp3) is 0.429. The Balaban J connectivity index is 1.53. The van der Waals surface area contributed by atoms with Crippen LogP contribution in [0.5, 0.6) is 5.75 Å². The lowest BCUT2D eigenvalue weighted by molar-refractivity contribution is 0.316. The third kappa shape index (κ3) is 3.37. The van der Waals surface area contributed by atoms with Gasteiger partial charge in [-0.1, -0.05) is 25.1 Å². The lowest BCUT2D eigenvalue weighted by Crippen LogP contribution is -2.20. The number of aromatic amines is 1. The van der Waals surface area contributed by atoms with Gasteiger partial charge in [-0.05, 0) is 31.9 Å². The molecule has 2 aromatic heterocycles. The summed E-state index contributed by atoms with van der Waals surface area (Å²) in [6.45, 7) is 6.95. The number of rotatable bonds is 5. The molecule has 1 atom stereocenters. The number of H-pyrrole nitrogens is 1. The zero-order valence-corrected chi connectivity index (χ0v) is 16.2. The van der Waals surface area contributed by atoms with Crippen LogP contribution in [0.4, 0.5) is 0 Å². The number of hydrogen-bond acceptors (Lipinski definition) is 4. The number of methoxy groups -OCH3 is 1. The molecule has 1 aromatic carbocycles. The second kappa shape index (κ2) is 7.19. The van der Waals surface area contributed by atoms with Crippen LogP contribution in [0.15, 0.2) is 35.1 Å². The number of fused-ring (bicyclic) bond motifs is 1. The van der Waals surface area contributed by atoms with Crippen molar-refractivity contribution in [3.05, 3.63) is 63.2 Å². The highest BCUT2D eigenvalue weighted by atomic mass is 16.5. The minimum Gasteiger partial charge on any atom is -0.496 e. The second-order valence-corrected chi connectivity index (χ2v) is 7.33. The van der Waals surface area contributed by atoms with Crippen molar-refractivity contribution in [1.82, 2.24) is 19.5 Å². The van der Waals surface area contributed by atoms with Crippen LogP contribution in [0.1, 0.15) is 41.8 Å². The summed E-state index contributed by atoms with van der Waals surface area (Å²) in [7, 11) is 1.73. The maximum Gasteiger partial charge on any atom is 0.272 e. The number of benzene rings is 1. The molecule has 0 saturated carbocycles. The Morgan fingerprint density at radius 2 is 2.19 bits per heavy atom. The van der Waals surface area contributed by atoms with Crippen molar-refractivity contribution < 1.29 is 4.74 Å². The highest BCUT2D eigenvalue weighted by Crippen LogP contribution is 2.30. The first-order valence-electron chi connectivity index (χ1n) is 9.55. The summed E-state index contributed by atoms with van der Waals surface area (Å²) in [5.41, 5.74) is 4.99. The average molecular weight is 366 g/mol. The van der Waals surface area contributed by atoms with E-state index in [2.05, 4.69) is 40.1 Å². The van der Waals surface area contributed by atoms with Gasteiger partial charge in [-0.2, -0.15) is 0 Å². The first-order valence-corrected chi connectivity index (χ1v) is 9.55. The van der Waals surface area contributed by atoms with Crippen molar-refractivity contribution in [2.75, 3.05) is 20.2 Å². The summed E-state index contributed by atoms with van der Waals surface area (Å²) in [5.74, 6) is 1.36. The van der Waals surface area contributed by atoms with E-state index in [9.17, 15) is 4.79 Å². The van der Waals surface area contributed by atoms with E-state index in [-0.39, 0.29) is 5.56 Å². The molecular weight excluding hydrogens is 340 g/mol. The molecule has 27 heavy (non-hydrogen) atoms. The fourth-order valence-corrected chi connectivity index (χ4v) is 4.05. The molecule has 0 aliphatic carbocycles. The first kappa shape index (κ1) is 17.8. The molecule has 0 unspecified atom stereocenters. The monoisotopic (exact) mass is 366 g/mol. The Morgan fingerprint density at radius 1 is 1.33 bits per heavy atom. The highest BCUT2D eigenvalue weighted by Gasteiger charge is 2.26. The molecule has 0 bridgehead atoms. The van der Waals surface area contributed by atoms with E-state index in [1.807, 2.05) is 13.0 Å². The molecule has 3 heterocycles. The van der Waals surface area contributed by atoms with Gasteiger partial charge in [-0.3, -0.25) is 14.8 Å². The van der Waals surface area contributed by atoms with Gasteiger partial charge in [0.15, 0.2) is 5.65 Å². The summed E-state index contributed by atoms with van der Waals surface area (Å²) >= 11 is 0. The largest absolute Gasteiger partial charge is 0.496 e. The number of aryl methyl sites for hydroxylation is 2. The van der Waals surface area contributed by atoms with E-state index in [0.717, 1.165) is 49.6 Å². The standard InChI is InChI=1S/C21H26N4O2/c1-4-17-10-20(26)25-19(22-17)11-18(23-25)15-8-9-24(12-15)13-16-7-5-6-14(2)21(16)27-3/h5-7,10-11,15,23H,4,8-9,12-13H2,1-3H3/t15-/m1/s1. The maximum absolute atomic E-state index is 12.3. The number of aromatic nitrogens is 3. The van der Waals surface area contributed by atoms with Crippen molar-refractivity contribution >= 4 is 5.65 Å². The van der Waals surface area contributed by atoms with Crippen LogP contribution in [0, 0.1) is 6.92 Å². The normalized spacial score (nSPS) is 17.7. The molecule has 6 nitrogen and oxygen atoms in total. The van der Waals surface area contributed by atoms with Crippen molar-refractivity contribution in [2.45, 2.75) is 39.2 Å². The number of ether oxygens (including phenoxy) is 1. The molecule has 4 rings (SSSR count). The van der Waals surface area contributed by atoms with Gasteiger partial charge in [0, 0.05) is 48.1 Å². The number of hydrogen-bond donors (Lipinski definition) is 1. The minimum atomic E-state index is -0.0394. The van der Waals surface area contributed by atoms with Gasteiger partial charge in [0.2, 0.25) is 0 Å². The topological polar surface area (TPSA) is 62.6 Å². The summed E-state index contributed by atoms with van der Waals surface area (Å²) < 4.78 is 7.15. The van der Waals surface area contributed by atoms with E-state index in [4.69, 9.17) is 4.74 Å². The maximum atomic E-state index is 12.3. The lowest BCUT2D eigenvalue weighted by Gasteiger charge is -2.18. The van der Waals surface area contributed by atoms with Gasteiger partial charge in [0.05, 0.1) is 7.11 Å². The smallest absolute Gasteiger partial charge is 0.272 e. The molecule has 3 aromatic rings. The predicted molar refractivity (Wildman–Crippen MR) is 106 cm³/mol. The third-order valence-electron chi connectivity index (χ3n) is 5.49. The molecule has 1 saturated heterocycles. The van der Waals surface area contributed by atoms with E-state index in [0.29, 0.717) is 11.6 Å². The van der Waals surface area contributed by atoms with Crippen LogP contribution in [0.2, 0.25) is 0 Å². The van der Waals surface area contributed by atoms with Crippen molar-refractivity contribution in [3.8, 4) is 5.75 Å². The van der Waals surface area contributed by atoms with E-state index in [1.54, 1.807) is 17.7 Å². The zero-order valence-electron chi connectivity index (χ0n) is 16.2. The molecule has 142 valence electrons. The van der Waals surface area contributed by atoms with Gasteiger partial charge < -0.3 is 4.74 Å². The van der Waals surface area contributed by atoms with Gasteiger partial charge >= 0.3 is 0 Å². The van der Waals surface area contributed by atoms with Gasteiger partial charge in [-0.25, -0.2) is 9.50 Å². The molecule has 0 amide bonds. The molecule has 0 radical (unpaired) electrons. The SMILES string of the molecule is CCc1cc(=O)n2[nH]c([C@@H]3CCN(Cc4cccc(C)c4OC)C3)cc2n1. The van der Waals surface area contributed by atoms with Crippen molar-refractivity contribution in [2.24, 2.45) is 0 Å². The Morgan fingerprint density at radius 3 is 2.96 bits per heavy atom. The molecule has 1 aliphatic heterocycles. The minimum absolute atomic E-state index is 0.0394. The molecule has 1 fully saturated rings. The first-order chi connectivity index (χ1) is 13.1. The number of nitrogens with zero attached hydrogens (tertiary/aromatic N) is 3. The fourth-order valence-electron chi connectivity index (χ4n) is 4.05. The summed E-state index contributed by atoms with van der Waals surface area (Å²) in [6.07, 6.45) is 1.83. The predicted octanol–water partition coefficient (Wildman–Crippen LogP) is 2.89. The highest BCUT2D eigenvalue weighted by molar-refractivity contribution is 5.42. The van der Waals surface area contributed by atoms with Crippen LogP contribution in [0.25, 0.3) is 5.65 Å². The molecule has 6 heteroatoms. The summed E-state index contributed by atoms with van der Waals surface area (Å²) in [6, 6.07) is 9.94. The molecule has 0 spiro atoms. The van der Waals surface area contributed by atoms with Gasteiger partial charge in [0.1, 0.15) is 5.75 Å². The number of para-hydroxylation sites is 1. The Labute approximate surface area is 158 Å². The second-order valence-electron chi connectivity index (χ2n) is 7.33. The van der Waals surface area contributed by atoms with Crippen molar-refractivity contribution in [1.29, 1.82) is 0 Å². The van der Waals surface area contributed by atoms with Crippen LogP contribution in [0.3, 0.4) is 0 Å². The average Bonchev–Trinajstić information content (AvgIpc) is 3.29. The van der Waals surface area contributed by atoms with E-state index < -0.39 is 0 Å². The summed E-state index contributed by atoms with van der Waals surface area (Å²) in [5, 5.41) is 3.26. The number of likely N-dealkylation sites (tertiary alicyclic amines) is 1. The van der Waals surface area contributed by atoms with Crippen LogP contribution >= 0.6 is 0 Å². The lowest BCUT2D eigenvalue weighted by atomic mass is 10.1. The van der Waals surface area contributed by atoms with Crippen LogP contribution in [-0.2, 0) is 13.0 Å². The molecular formula is C21H26N4O2. The van der Waals surface area contributed by atoms with Crippen LogP contribution < -0.4 is 10.3 Å². The molecule has 1 aliphatic rings. The Kier molecular flexibility index (Phi) is 4.74. The van der Waals surface area contributed by atoms with E-state index >= 15 is 0 Å². The van der Waals surface area contributed by atoms with Gasteiger partial charge in [0.25, 0.3) is 5.56 Å². The van der Waals surface area contributed by atoms with Crippen molar-refractivity contribution in [3.63, 3.8) is 0 Å². The zero-order chi connectivity index (χ0) is 19.0. The third-order valence-corrected chi connectivity index (χ3v) is 5.49. The van der Waals surface area contributed by atoms with E-state index in [1.165, 1.54) is 11.1 Å². The Bertz CT molecular complexity index is 1020. The quantitative estimate of drug-likeness (QED) is 0.754. The summed E-state index contributed by atoms with van der Waals surface area (Å²) in [4.78, 5) is 19.3. The Hall–Kier alpha value is -2.60. The molecule has 1 N–H and O–H groups in total. The number of nitrogens with one attached hydrogen (secondary N) is 1.